The summed E-state index contributed by atoms with van der Waals surface area (Å²) in [5, 5.41) is 4.01. The molecule has 0 spiro atoms. The second-order valence-electron chi connectivity index (χ2n) is 4.61. The second kappa shape index (κ2) is 4.26. The zero-order chi connectivity index (χ0) is 12.0. The molecule has 0 amide bonds. The van der Waals surface area contributed by atoms with Gasteiger partial charge < -0.3 is 10.3 Å². The lowest BCUT2D eigenvalue weighted by Crippen LogP contribution is -2.44. The van der Waals surface area contributed by atoms with Gasteiger partial charge in [-0.25, -0.2) is 4.98 Å². The van der Waals surface area contributed by atoms with Crippen LogP contribution < -0.4 is 5.32 Å². The molecule has 0 saturated carbocycles. The van der Waals surface area contributed by atoms with Crippen molar-refractivity contribution >= 4 is 38.6 Å². The first-order valence-corrected chi connectivity index (χ1v) is 6.87. The number of aromatic amines is 1. The van der Waals surface area contributed by atoms with Gasteiger partial charge >= 0.3 is 0 Å². The van der Waals surface area contributed by atoms with Crippen LogP contribution in [0.1, 0.15) is 18.7 Å². The largest absolute Gasteiger partial charge is 0.342 e. The number of hydrogen-bond donors (Lipinski definition) is 2. The second-order valence-corrected chi connectivity index (χ2v) is 5.90. The highest BCUT2D eigenvalue weighted by atomic mass is 79.9. The molecule has 3 nitrogen and oxygen atoms in total. The maximum atomic E-state index is 6.03. The molecule has 2 heterocycles. The number of nitrogens with one attached hydrogen (secondary N) is 2. The maximum absolute atomic E-state index is 6.03. The lowest BCUT2D eigenvalue weighted by molar-refractivity contribution is 0.297. The number of imidazole rings is 1. The van der Waals surface area contributed by atoms with Gasteiger partial charge in [-0.1, -0.05) is 18.5 Å². The van der Waals surface area contributed by atoms with Crippen LogP contribution in [0, 0.1) is 5.92 Å². The van der Waals surface area contributed by atoms with Gasteiger partial charge in [-0.15, -0.1) is 0 Å². The zero-order valence-corrected chi connectivity index (χ0v) is 11.8. The van der Waals surface area contributed by atoms with E-state index in [2.05, 4.69) is 38.1 Å². The summed E-state index contributed by atoms with van der Waals surface area (Å²) in [5.41, 5.74) is 1.96. The molecule has 1 fully saturated rings. The molecule has 1 unspecified atom stereocenters. The van der Waals surface area contributed by atoms with Crippen molar-refractivity contribution in [3.63, 3.8) is 0 Å². The number of halogens is 2. The highest BCUT2D eigenvalue weighted by Gasteiger charge is 2.27. The van der Waals surface area contributed by atoms with Crippen molar-refractivity contribution in [3.8, 4) is 0 Å². The highest BCUT2D eigenvalue weighted by molar-refractivity contribution is 9.10. The summed E-state index contributed by atoms with van der Waals surface area (Å²) in [6.45, 7) is 4.39. The number of rotatable bonds is 2. The Morgan fingerprint density at radius 1 is 1.47 bits per heavy atom. The molecule has 1 aliphatic heterocycles. The smallest absolute Gasteiger partial charge is 0.110 e. The van der Waals surface area contributed by atoms with E-state index in [9.17, 15) is 0 Å². The quantitative estimate of drug-likeness (QED) is 0.893. The van der Waals surface area contributed by atoms with Gasteiger partial charge in [-0.05, 0) is 47.1 Å². The summed E-state index contributed by atoms with van der Waals surface area (Å²) in [4.78, 5) is 8.04. The van der Waals surface area contributed by atoms with E-state index in [0.717, 1.165) is 39.4 Å². The highest BCUT2D eigenvalue weighted by Crippen LogP contribution is 2.31. The Morgan fingerprint density at radius 3 is 2.88 bits per heavy atom. The molecule has 2 aromatic rings. The van der Waals surface area contributed by atoms with E-state index in [1.807, 2.05) is 12.1 Å². The molecule has 1 aromatic heterocycles. The fourth-order valence-corrected chi connectivity index (χ4v) is 3.06. The summed E-state index contributed by atoms with van der Waals surface area (Å²) < 4.78 is 0.946. The average molecular weight is 315 g/mol. The number of nitrogens with zero attached hydrogens (tertiary/aromatic N) is 1. The van der Waals surface area contributed by atoms with Crippen molar-refractivity contribution in [1.82, 2.24) is 15.3 Å². The van der Waals surface area contributed by atoms with E-state index in [4.69, 9.17) is 11.6 Å². The summed E-state index contributed by atoms with van der Waals surface area (Å²) in [5.74, 6) is 2.19. The van der Waals surface area contributed by atoms with Gasteiger partial charge in [0.05, 0.1) is 5.52 Å². The first-order chi connectivity index (χ1) is 8.15. The van der Waals surface area contributed by atoms with Gasteiger partial charge in [0.15, 0.2) is 0 Å². The fourth-order valence-electron chi connectivity index (χ4n) is 2.16. The third-order valence-electron chi connectivity index (χ3n) is 3.47. The Morgan fingerprint density at radius 2 is 2.24 bits per heavy atom. The van der Waals surface area contributed by atoms with Crippen LogP contribution in [0.3, 0.4) is 0 Å². The molecular weight excluding hydrogens is 302 g/mol. The van der Waals surface area contributed by atoms with Crippen LogP contribution in [-0.4, -0.2) is 23.1 Å². The molecule has 3 rings (SSSR count). The van der Waals surface area contributed by atoms with Crippen molar-refractivity contribution in [3.05, 3.63) is 27.5 Å². The van der Waals surface area contributed by atoms with Crippen LogP contribution in [0.25, 0.3) is 11.0 Å². The lowest BCUT2D eigenvalue weighted by atomic mass is 9.88. The maximum Gasteiger partial charge on any atom is 0.110 e. The van der Waals surface area contributed by atoms with E-state index in [1.54, 1.807) is 0 Å². The third-order valence-corrected chi connectivity index (χ3v) is 4.30. The molecule has 17 heavy (non-hydrogen) atoms. The minimum absolute atomic E-state index is 0.453. The predicted molar refractivity (Wildman–Crippen MR) is 73.6 cm³/mol. The molecule has 5 heteroatoms. The summed E-state index contributed by atoms with van der Waals surface area (Å²) in [7, 11) is 0. The van der Waals surface area contributed by atoms with Crippen LogP contribution in [0.4, 0.5) is 0 Å². The molecule has 2 N–H and O–H groups in total. The number of hydrogen-bond acceptors (Lipinski definition) is 2. The molecular formula is C12H13BrClN3. The Balaban J connectivity index is 2.03. The molecule has 1 aromatic carbocycles. The van der Waals surface area contributed by atoms with E-state index >= 15 is 0 Å². The van der Waals surface area contributed by atoms with E-state index < -0.39 is 0 Å². The minimum atomic E-state index is 0.453. The van der Waals surface area contributed by atoms with Crippen LogP contribution >= 0.6 is 27.5 Å². The van der Waals surface area contributed by atoms with Crippen LogP contribution in [0.5, 0.6) is 0 Å². The van der Waals surface area contributed by atoms with E-state index in [0.29, 0.717) is 11.8 Å². The van der Waals surface area contributed by atoms with Crippen molar-refractivity contribution in [2.75, 3.05) is 13.1 Å². The lowest BCUT2D eigenvalue weighted by Gasteiger charge is -2.31. The van der Waals surface area contributed by atoms with Gasteiger partial charge in [0.25, 0.3) is 0 Å². The van der Waals surface area contributed by atoms with Crippen LogP contribution in [0.15, 0.2) is 16.6 Å². The van der Waals surface area contributed by atoms with Crippen molar-refractivity contribution in [2.24, 2.45) is 5.92 Å². The molecule has 1 saturated heterocycles. The minimum Gasteiger partial charge on any atom is -0.342 e. The Hall–Kier alpha value is -0.580. The molecule has 1 atom stereocenters. The normalized spacial score (nSPS) is 18.3. The average Bonchev–Trinajstić information content (AvgIpc) is 2.58. The molecule has 90 valence electrons. The molecule has 0 bridgehead atoms. The van der Waals surface area contributed by atoms with Crippen LogP contribution in [0.2, 0.25) is 5.02 Å². The summed E-state index contributed by atoms with van der Waals surface area (Å²) in [6.07, 6.45) is 0. The number of benzene rings is 1. The van der Waals surface area contributed by atoms with Crippen molar-refractivity contribution in [2.45, 2.75) is 12.8 Å². The van der Waals surface area contributed by atoms with Gasteiger partial charge in [0.1, 0.15) is 11.3 Å². The molecule has 0 aliphatic carbocycles. The first-order valence-electron chi connectivity index (χ1n) is 5.70. The number of aromatic nitrogens is 2. The summed E-state index contributed by atoms with van der Waals surface area (Å²) in [6, 6.07) is 3.80. The predicted octanol–water partition coefficient (Wildman–Crippen LogP) is 3.30. The van der Waals surface area contributed by atoms with Crippen molar-refractivity contribution < 1.29 is 0 Å². The van der Waals surface area contributed by atoms with E-state index in [1.165, 1.54) is 0 Å². The zero-order valence-electron chi connectivity index (χ0n) is 9.43. The third kappa shape index (κ3) is 1.98. The summed E-state index contributed by atoms with van der Waals surface area (Å²) >= 11 is 9.52. The number of fused-ring (bicyclic) bond motifs is 1. The van der Waals surface area contributed by atoms with Crippen molar-refractivity contribution in [1.29, 1.82) is 0 Å². The topological polar surface area (TPSA) is 40.7 Å². The Bertz CT molecular complexity index is 562. The van der Waals surface area contributed by atoms with Crippen LogP contribution in [-0.2, 0) is 0 Å². The SMILES string of the molecule is CC(c1nc2c(Br)cc(Cl)cc2[nH]1)C1CNC1. The standard InChI is InChI=1S/C12H13BrClN3/c1-6(7-4-15-5-7)12-16-10-3-8(14)2-9(13)11(10)17-12/h2-3,6-7,15H,4-5H2,1H3,(H,16,17). The van der Waals surface area contributed by atoms with Gasteiger partial charge in [-0.2, -0.15) is 0 Å². The molecule has 1 aliphatic rings. The molecule has 0 radical (unpaired) electrons. The monoisotopic (exact) mass is 313 g/mol. The van der Waals surface area contributed by atoms with Gasteiger partial charge in [0, 0.05) is 15.4 Å². The first kappa shape index (κ1) is 11.5. The number of H-pyrrole nitrogens is 1. The van der Waals surface area contributed by atoms with E-state index in [-0.39, 0.29) is 0 Å². The fraction of sp³-hybridized carbons (Fsp3) is 0.417. The Labute approximate surface area is 113 Å². The Kier molecular flexibility index (Phi) is 2.89. The van der Waals surface area contributed by atoms with Gasteiger partial charge in [-0.3, -0.25) is 0 Å². The van der Waals surface area contributed by atoms with Gasteiger partial charge in [0.2, 0.25) is 0 Å².